The molecule has 0 bridgehead atoms. The van der Waals surface area contributed by atoms with Gasteiger partial charge in [-0.25, -0.2) is 0 Å². The zero-order chi connectivity index (χ0) is 17.9. The molecule has 0 saturated heterocycles. The molecule has 0 N–H and O–H groups in total. The molecule has 0 amide bonds. The fraction of sp³-hybridized carbons (Fsp3) is 0.278. The zero-order valence-electron chi connectivity index (χ0n) is 13.9. The zero-order valence-corrected chi connectivity index (χ0v) is 16.2. The first-order valence-electron chi connectivity index (χ1n) is 8.10. The summed E-state index contributed by atoms with van der Waals surface area (Å²) in [6, 6.07) is 14.6. The minimum absolute atomic E-state index is 0.280. The van der Waals surface area contributed by atoms with Crippen LogP contribution in [0.1, 0.15) is 25.3 Å². The van der Waals surface area contributed by atoms with Crippen molar-refractivity contribution in [2.24, 2.45) is 4.40 Å². The maximum Gasteiger partial charge on any atom is 0.286 e. The number of fused-ring (bicyclic) bond motifs is 1. The third-order valence-corrected chi connectivity index (χ3v) is 6.61. The van der Waals surface area contributed by atoms with Gasteiger partial charge < -0.3 is 4.90 Å². The van der Waals surface area contributed by atoms with Crippen LogP contribution in [0.25, 0.3) is 0 Å². The summed E-state index contributed by atoms with van der Waals surface area (Å²) in [6.07, 6.45) is 2.00. The second kappa shape index (κ2) is 7.81. The SMILES string of the molecule is CCCCN1C(SCc2ccc(Cl)cc2)=NS(=O)(=O)c2ccccc21. The average Bonchev–Trinajstić information content (AvgIpc) is 2.60. The quantitative estimate of drug-likeness (QED) is 0.720. The molecule has 0 fully saturated rings. The third kappa shape index (κ3) is 4.19. The van der Waals surface area contributed by atoms with Gasteiger partial charge in [0.25, 0.3) is 10.0 Å². The number of nitrogens with zero attached hydrogens (tertiary/aromatic N) is 2. The van der Waals surface area contributed by atoms with Crippen molar-refractivity contribution in [3.8, 4) is 0 Å². The van der Waals surface area contributed by atoms with Gasteiger partial charge in [0.15, 0.2) is 5.17 Å². The highest BCUT2D eigenvalue weighted by Gasteiger charge is 2.30. The molecule has 1 aliphatic rings. The van der Waals surface area contributed by atoms with Crippen molar-refractivity contribution in [1.29, 1.82) is 0 Å². The summed E-state index contributed by atoms with van der Waals surface area (Å²) in [5.41, 5.74) is 1.79. The number of halogens is 1. The molecule has 1 heterocycles. The van der Waals surface area contributed by atoms with Gasteiger partial charge in [0.2, 0.25) is 0 Å². The van der Waals surface area contributed by atoms with Gasteiger partial charge in [-0.3, -0.25) is 0 Å². The van der Waals surface area contributed by atoms with E-state index in [0.29, 0.717) is 21.6 Å². The van der Waals surface area contributed by atoms with Crippen LogP contribution in [0.2, 0.25) is 5.02 Å². The fourth-order valence-corrected chi connectivity index (χ4v) is 5.13. The molecule has 25 heavy (non-hydrogen) atoms. The maximum atomic E-state index is 12.5. The van der Waals surface area contributed by atoms with Crippen molar-refractivity contribution >= 4 is 44.2 Å². The second-order valence-electron chi connectivity index (χ2n) is 5.74. The summed E-state index contributed by atoms with van der Waals surface area (Å²) in [5.74, 6) is 0.635. The van der Waals surface area contributed by atoms with Gasteiger partial charge in [-0.2, -0.15) is 8.42 Å². The lowest BCUT2D eigenvalue weighted by atomic mass is 10.2. The van der Waals surface area contributed by atoms with Crippen molar-refractivity contribution in [3.63, 3.8) is 0 Å². The highest BCUT2D eigenvalue weighted by Crippen LogP contribution is 2.35. The number of unbranched alkanes of at least 4 members (excludes halogenated alkanes) is 1. The Bertz CT molecular complexity index is 880. The van der Waals surface area contributed by atoms with Crippen molar-refractivity contribution in [2.75, 3.05) is 11.4 Å². The summed E-state index contributed by atoms with van der Waals surface area (Å²) in [7, 11) is -3.66. The smallest absolute Gasteiger partial charge is 0.286 e. The van der Waals surface area contributed by atoms with Crippen LogP contribution >= 0.6 is 23.4 Å². The van der Waals surface area contributed by atoms with Crippen LogP contribution in [-0.2, 0) is 15.8 Å². The van der Waals surface area contributed by atoms with Gasteiger partial charge in [-0.15, -0.1) is 4.40 Å². The first kappa shape index (κ1) is 18.3. The molecule has 4 nitrogen and oxygen atoms in total. The van der Waals surface area contributed by atoms with Crippen LogP contribution in [0.5, 0.6) is 0 Å². The van der Waals surface area contributed by atoms with E-state index in [1.54, 1.807) is 12.1 Å². The van der Waals surface area contributed by atoms with Gasteiger partial charge in [0, 0.05) is 17.3 Å². The standard InChI is InChI=1S/C18H19ClN2O2S2/c1-2-3-12-21-16-6-4-5-7-17(16)25(22,23)20-18(21)24-13-14-8-10-15(19)11-9-14/h4-11H,2-3,12-13H2,1H3. The summed E-state index contributed by atoms with van der Waals surface area (Å²) in [6.45, 7) is 2.86. The molecular weight excluding hydrogens is 376 g/mol. The number of amidine groups is 1. The molecule has 0 saturated carbocycles. The van der Waals surface area contributed by atoms with Crippen molar-refractivity contribution < 1.29 is 8.42 Å². The van der Waals surface area contributed by atoms with Crippen LogP contribution in [0.15, 0.2) is 57.8 Å². The lowest BCUT2D eigenvalue weighted by Gasteiger charge is -2.30. The number of para-hydroxylation sites is 1. The highest BCUT2D eigenvalue weighted by atomic mass is 35.5. The Morgan fingerprint density at radius 2 is 1.84 bits per heavy atom. The number of hydrogen-bond acceptors (Lipinski definition) is 4. The van der Waals surface area contributed by atoms with Crippen LogP contribution in [0.3, 0.4) is 0 Å². The van der Waals surface area contributed by atoms with Gasteiger partial charge in [0.05, 0.1) is 5.69 Å². The van der Waals surface area contributed by atoms with Crippen LogP contribution in [0.4, 0.5) is 5.69 Å². The van der Waals surface area contributed by atoms with E-state index < -0.39 is 10.0 Å². The number of anilines is 1. The normalized spacial score (nSPS) is 15.6. The molecule has 0 aliphatic carbocycles. The predicted molar refractivity (Wildman–Crippen MR) is 106 cm³/mol. The molecule has 0 atom stereocenters. The molecule has 0 unspecified atom stereocenters. The van der Waals surface area contributed by atoms with Crippen molar-refractivity contribution in [2.45, 2.75) is 30.4 Å². The van der Waals surface area contributed by atoms with E-state index >= 15 is 0 Å². The van der Waals surface area contributed by atoms with Gasteiger partial charge in [-0.1, -0.05) is 61.0 Å². The van der Waals surface area contributed by atoms with E-state index in [2.05, 4.69) is 11.3 Å². The Kier molecular flexibility index (Phi) is 5.71. The Labute approximate surface area is 158 Å². The molecule has 0 spiro atoms. The minimum atomic E-state index is -3.66. The maximum absolute atomic E-state index is 12.5. The highest BCUT2D eigenvalue weighted by molar-refractivity contribution is 8.14. The minimum Gasteiger partial charge on any atom is -0.319 e. The summed E-state index contributed by atoms with van der Waals surface area (Å²) < 4.78 is 29.1. The molecule has 2 aromatic rings. The number of hydrogen-bond donors (Lipinski definition) is 0. The lowest BCUT2D eigenvalue weighted by Crippen LogP contribution is -2.34. The van der Waals surface area contributed by atoms with Crippen LogP contribution < -0.4 is 4.90 Å². The summed E-state index contributed by atoms with van der Waals surface area (Å²) >= 11 is 7.35. The molecule has 7 heteroatoms. The topological polar surface area (TPSA) is 49.7 Å². The molecule has 3 rings (SSSR count). The van der Waals surface area contributed by atoms with E-state index in [4.69, 9.17) is 11.6 Å². The molecule has 2 aromatic carbocycles. The Balaban J connectivity index is 1.89. The van der Waals surface area contributed by atoms with E-state index in [-0.39, 0.29) is 4.90 Å². The third-order valence-electron chi connectivity index (χ3n) is 3.88. The van der Waals surface area contributed by atoms with Crippen LogP contribution in [-0.4, -0.2) is 20.1 Å². The Morgan fingerprint density at radius 1 is 1.12 bits per heavy atom. The fourth-order valence-electron chi connectivity index (χ4n) is 2.57. The van der Waals surface area contributed by atoms with Crippen LogP contribution in [0, 0.1) is 0 Å². The largest absolute Gasteiger partial charge is 0.319 e. The second-order valence-corrected chi connectivity index (χ2v) is 8.69. The van der Waals surface area contributed by atoms with Crippen molar-refractivity contribution in [3.05, 3.63) is 59.1 Å². The van der Waals surface area contributed by atoms with Gasteiger partial charge >= 0.3 is 0 Å². The molecular formula is C18H19ClN2O2S2. The molecule has 0 radical (unpaired) electrons. The number of thioether (sulfide) groups is 1. The van der Waals surface area contributed by atoms with E-state index in [1.807, 2.05) is 41.3 Å². The first-order valence-corrected chi connectivity index (χ1v) is 10.9. The summed E-state index contributed by atoms with van der Waals surface area (Å²) in [4.78, 5) is 2.29. The first-order chi connectivity index (χ1) is 12.0. The monoisotopic (exact) mass is 394 g/mol. The van der Waals surface area contributed by atoms with Gasteiger partial charge in [-0.05, 0) is 36.2 Å². The van der Waals surface area contributed by atoms with E-state index in [0.717, 1.165) is 24.9 Å². The Hall–Kier alpha value is -1.50. The van der Waals surface area contributed by atoms with Gasteiger partial charge in [0.1, 0.15) is 4.90 Å². The molecule has 0 aromatic heterocycles. The predicted octanol–water partition coefficient (Wildman–Crippen LogP) is 4.94. The molecule has 132 valence electrons. The van der Waals surface area contributed by atoms with E-state index in [9.17, 15) is 8.42 Å². The van der Waals surface area contributed by atoms with Crippen molar-refractivity contribution in [1.82, 2.24) is 0 Å². The molecule has 1 aliphatic heterocycles. The van der Waals surface area contributed by atoms with E-state index in [1.165, 1.54) is 11.8 Å². The number of sulfonamides is 1. The Morgan fingerprint density at radius 3 is 2.56 bits per heavy atom. The summed E-state index contributed by atoms with van der Waals surface area (Å²) in [5, 5.41) is 1.21. The number of benzene rings is 2. The average molecular weight is 395 g/mol. The lowest BCUT2D eigenvalue weighted by molar-refractivity contribution is 0.596. The number of rotatable bonds is 5.